The van der Waals surface area contributed by atoms with E-state index in [0.717, 1.165) is 6.29 Å². The van der Waals surface area contributed by atoms with Crippen molar-refractivity contribution in [3.05, 3.63) is 17.7 Å². The van der Waals surface area contributed by atoms with Gasteiger partial charge in [-0.1, -0.05) is 0 Å². The van der Waals surface area contributed by atoms with Crippen LogP contribution >= 0.6 is 0 Å². The standard InChI is InChI=1S/C14H20O4/c1-9(2)17-12-6-11(8-15)7-13(14(12)16-5)18-10(3)4/h6-10H,1-5H3. The van der Waals surface area contributed by atoms with E-state index in [1.165, 1.54) is 0 Å². The van der Waals surface area contributed by atoms with E-state index < -0.39 is 0 Å². The summed E-state index contributed by atoms with van der Waals surface area (Å²) >= 11 is 0. The molecule has 0 saturated carbocycles. The highest BCUT2D eigenvalue weighted by molar-refractivity contribution is 5.78. The highest BCUT2D eigenvalue weighted by Crippen LogP contribution is 2.39. The number of ether oxygens (including phenoxy) is 3. The van der Waals surface area contributed by atoms with Crippen LogP contribution in [0.3, 0.4) is 0 Å². The fraction of sp³-hybridized carbons (Fsp3) is 0.500. The van der Waals surface area contributed by atoms with Gasteiger partial charge in [-0.2, -0.15) is 0 Å². The maximum absolute atomic E-state index is 10.9. The van der Waals surface area contributed by atoms with Crippen molar-refractivity contribution in [1.29, 1.82) is 0 Å². The van der Waals surface area contributed by atoms with E-state index in [2.05, 4.69) is 0 Å². The third-order valence-electron chi connectivity index (χ3n) is 2.11. The summed E-state index contributed by atoms with van der Waals surface area (Å²) in [4.78, 5) is 10.9. The predicted molar refractivity (Wildman–Crippen MR) is 69.9 cm³/mol. The Morgan fingerprint density at radius 2 is 1.44 bits per heavy atom. The molecular weight excluding hydrogens is 232 g/mol. The number of benzene rings is 1. The van der Waals surface area contributed by atoms with Gasteiger partial charge in [-0.15, -0.1) is 0 Å². The number of carbonyl (C=O) groups is 1. The van der Waals surface area contributed by atoms with Crippen LogP contribution in [0.15, 0.2) is 12.1 Å². The monoisotopic (exact) mass is 252 g/mol. The molecule has 0 aliphatic carbocycles. The van der Waals surface area contributed by atoms with Crippen LogP contribution in [0.1, 0.15) is 38.1 Å². The minimum Gasteiger partial charge on any atom is -0.490 e. The Bertz CT molecular complexity index is 379. The second-order valence-electron chi connectivity index (χ2n) is 4.50. The van der Waals surface area contributed by atoms with Gasteiger partial charge >= 0.3 is 0 Å². The molecule has 0 radical (unpaired) electrons. The van der Waals surface area contributed by atoms with Crippen molar-refractivity contribution in [2.75, 3.05) is 7.11 Å². The molecule has 4 heteroatoms. The molecule has 1 aromatic rings. The van der Waals surface area contributed by atoms with E-state index >= 15 is 0 Å². The smallest absolute Gasteiger partial charge is 0.203 e. The van der Waals surface area contributed by atoms with Gasteiger partial charge in [0, 0.05) is 5.56 Å². The molecule has 0 spiro atoms. The summed E-state index contributed by atoms with van der Waals surface area (Å²) in [6, 6.07) is 3.30. The zero-order valence-corrected chi connectivity index (χ0v) is 11.5. The van der Waals surface area contributed by atoms with E-state index in [4.69, 9.17) is 14.2 Å². The molecule has 1 aromatic carbocycles. The van der Waals surface area contributed by atoms with Gasteiger partial charge in [-0.25, -0.2) is 0 Å². The van der Waals surface area contributed by atoms with Crippen LogP contribution in [-0.4, -0.2) is 25.6 Å². The normalized spacial score (nSPS) is 10.6. The van der Waals surface area contributed by atoms with E-state index in [1.54, 1.807) is 19.2 Å². The highest BCUT2D eigenvalue weighted by atomic mass is 16.5. The number of hydrogen-bond donors (Lipinski definition) is 0. The first-order valence-electron chi connectivity index (χ1n) is 5.98. The molecule has 0 aliphatic heterocycles. The average molecular weight is 252 g/mol. The molecule has 18 heavy (non-hydrogen) atoms. The minimum absolute atomic E-state index is 0.00676. The summed E-state index contributed by atoms with van der Waals surface area (Å²) in [5, 5.41) is 0. The lowest BCUT2D eigenvalue weighted by molar-refractivity contribution is 0.112. The molecule has 100 valence electrons. The molecule has 0 bridgehead atoms. The minimum atomic E-state index is -0.00676. The van der Waals surface area contributed by atoms with Crippen LogP contribution in [-0.2, 0) is 0 Å². The SMILES string of the molecule is COc1c(OC(C)C)cc(C=O)cc1OC(C)C. The van der Waals surface area contributed by atoms with Crippen molar-refractivity contribution in [3.63, 3.8) is 0 Å². The first kappa shape index (κ1) is 14.4. The fourth-order valence-electron chi connectivity index (χ4n) is 1.55. The van der Waals surface area contributed by atoms with Gasteiger partial charge in [0.1, 0.15) is 6.29 Å². The Labute approximate surface area is 108 Å². The van der Waals surface area contributed by atoms with Gasteiger partial charge in [0.2, 0.25) is 5.75 Å². The fourth-order valence-corrected chi connectivity index (χ4v) is 1.55. The first-order valence-corrected chi connectivity index (χ1v) is 5.98. The van der Waals surface area contributed by atoms with Gasteiger partial charge in [0.15, 0.2) is 11.5 Å². The van der Waals surface area contributed by atoms with Crippen molar-refractivity contribution in [2.45, 2.75) is 39.9 Å². The molecular formula is C14H20O4. The Balaban J connectivity index is 3.25. The van der Waals surface area contributed by atoms with Gasteiger partial charge in [0.05, 0.1) is 19.3 Å². The number of aldehydes is 1. The molecule has 0 saturated heterocycles. The number of carbonyl (C=O) groups excluding carboxylic acids is 1. The van der Waals surface area contributed by atoms with Gasteiger partial charge < -0.3 is 14.2 Å². The zero-order valence-electron chi connectivity index (χ0n) is 11.5. The lowest BCUT2D eigenvalue weighted by Crippen LogP contribution is -2.10. The predicted octanol–water partition coefficient (Wildman–Crippen LogP) is 3.08. The Morgan fingerprint density at radius 3 is 1.72 bits per heavy atom. The second-order valence-corrected chi connectivity index (χ2v) is 4.50. The summed E-state index contributed by atoms with van der Waals surface area (Å²) in [7, 11) is 1.55. The van der Waals surface area contributed by atoms with Crippen molar-refractivity contribution < 1.29 is 19.0 Å². The van der Waals surface area contributed by atoms with Crippen LogP contribution in [0.2, 0.25) is 0 Å². The summed E-state index contributed by atoms with van der Waals surface area (Å²) in [5.41, 5.74) is 0.502. The number of methoxy groups -OCH3 is 1. The van der Waals surface area contributed by atoms with Crippen LogP contribution in [0.5, 0.6) is 17.2 Å². The maximum Gasteiger partial charge on any atom is 0.203 e. The molecule has 0 N–H and O–H groups in total. The Hall–Kier alpha value is -1.71. The third-order valence-corrected chi connectivity index (χ3v) is 2.11. The van der Waals surface area contributed by atoms with E-state index in [-0.39, 0.29) is 12.2 Å². The number of rotatable bonds is 6. The van der Waals surface area contributed by atoms with Crippen LogP contribution in [0, 0.1) is 0 Å². The third kappa shape index (κ3) is 3.65. The molecule has 0 amide bonds. The van der Waals surface area contributed by atoms with Crippen LogP contribution in [0.25, 0.3) is 0 Å². The first-order chi connectivity index (χ1) is 8.47. The van der Waals surface area contributed by atoms with Crippen LogP contribution < -0.4 is 14.2 Å². The maximum atomic E-state index is 10.9. The summed E-state index contributed by atoms with van der Waals surface area (Å²) in [6.07, 6.45) is 0.750. The largest absolute Gasteiger partial charge is 0.490 e. The molecule has 0 unspecified atom stereocenters. The molecule has 0 atom stereocenters. The summed E-state index contributed by atoms with van der Waals surface area (Å²) in [6.45, 7) is 7.65. The highest BCUT2D eigenvalue weighted by Gasteiger charge is 2.16. The average Bonchev–Trinajstić information content (AvgIpc) is 2.27. The van der Waals surface area contributed by atoms with Gasteiger partial charge in [0.25, 0.3) is 0 Å². The molecule has 0 aromatic heterocycles. The van der Waals surface area contributed by atoms with Gasteiger partial charge in [-0.05, 0) is 39.8 Å². The van der Waals surface area contributed by atoms with Crippen molar-refractivity contribution in [1.82, 2.24) is 0 Å². The van der Waals surface area contributed by atoms with E-state index in [9.17, 15) is 4.79 Å². The summed E-state index contributed by atoms with van der Waals surface area (Å²) in [5.74, 6) is 1.56. The van der Waals surface area contributed by atoms with Crippen molar-refractivity contribution in [2.24, 2.45) is 0 Å². The molecule has 1 rings (SSSR count). The van der Waals surface area contributed by atoms with Crippen LogP contribution in [0.4, 0.5) is 0 Å². The Kier molecular flexibility index (Phi) is 5.01. The van der Waals surface area contributed by atoms with Crippen molar-refractivity contribution in [3.8, 4) is 17.2 Å². The number of hydrogen-bond acceptors (Lipinski definition) is 4. The van der Waals surface area contributed by atoms with Gasteiger partial charge in [-0.3, -0.25) is 4.79 Å². The Morgan fingerprint density at radius 1 is 1.00 bits per heavy atom. The second kappa shape index (κ2) is 6.28. The molecule has 0 aliphatic rings. The lowest BCUT2D eigenvalue weighted by atomic mass is 10.2. The van der Waals surface area contributed by atoms with E-state index in [1.807, 2.05) is 27.7 Å². The topological polar surface area (TPSA) is 44.8 Å². The molecule has 0 heterocycles. The zero-order chi connectivity index (χ0) is 13.7. The molecule has 0 fully saturated rings. The lowest BCUT2D eigenvalue weighted by Gasteiger charge is -2.18. The van der Waals surface area contributed by atoms with Crippen molar-refractivity contribution >= 4 is 6.29 Å². The van der Waals surface area contributed by atoms with E-state index in [0.29, 0.717) is 22.8 Å². The summed E-state index contributed by atoms with van der Waals surface area (Å²) < 4.78 is 16.6. The quantitative estimate of drug-likeness (QED) is 0.730. The molecule has 4 nitrogen and oxygen atoms in total.